The number of benzene rings is 2. The first kappa shape index (κ1) is 21.4. The minimum absolute atomic E-state index is 0.0387. The van der Waals surface area contributed by atoms with Crippen molar-refractivity contribution in [1.29, 1.82) is 0 Å². The number of aryl methyl sites for hydroxylation is 1. The molecule has 0 saturated carbocycles. The fourth-order valence-corrected chi connectivity index (χ4v) is 5.12. The van der Waals surface area contributed by atoms with Gasteiger partial charge >= 0.3 is 0 Å². The van der Waals surface area contributed by atoms with Crippen LogP contribution in [-0.2, 0) is 15.6 Å². The van der Waals surface area contributed by atoms with Crippen LogP contribution >= 0.6 is 23.2 Å². The Balaban J connectivity index is 2.16. The van der Waals surface area contributed by atoms with E-state index in [0.29, 0.717) is 26.8 Å². The number of rotatable bonds is 5. The first-order valence-electron chi connectivity index (χ1n) is 8.79. The molecule has 0 spiro atoms. The SMILES string of the molecule is C=c1c(=CN(C)C)c(CS(=O)(=O)c2cc(C)c(Cl)cc2Cl)nn1-c1ccccc1. The lowest BCUT2D eigenvalue weighted by molar-refractivity contribution is 0.593. The Morgan fingerprint density at radius 3 is 2.41 bits per heavy atom. The van der Waals surface area contributed by atoms with Gasteiger partial charge in [0.25, 0.3) is 0 Å². The van der Waals surface area contributed by atoms with E-state index in [1.807, 2.05) is 55.5 Å². The molecule has 29 heavy (non-hydrogen) atoms. The molecule has 0 fully saturated rings. The topological polar surface area (TPSA) is 55.2 Å². The van der Waals surface area contributed by atoms with Gasteiger partial charge in [-0.2, -0.15) is 5.10 Å². The van der Waals surface area contributed by atoms with Crippen molar-refractivity contribution in [1.82, 2.24) is 14.7 Å². The zero-order chi connectivity index (χ0) is 21.3. The maximum Gasteiger partial charge on any atom is 0.185 e. The van der Waals surface area contributed by atoms with E-state index in [0.717, 1.165) is 5.69 Å². The lowest BCUT2D eigenvalue weighted by Gasteiger charge is -2.08. The van der Waals surface area contributed by atoms with Gasteiger partial charge in [0, 0.05) is 30.5 Å². The summed E-state index contributed by atoms with van der Waals surface area (Å²) in [7, 11) is -0.0436. The largest absolute Gasteiger partial charge is 0.383 e. The molecule has 1 aromatic heterocycles. The van der Waals surface area contributed by atoms with Crippen molar-refractivity contribution in [2.24, 2.45) is 0 Å². The Kier molecular flexibility index (Phi) is 6.08. The zero-order valence-electron chi connectivity index (χ0n) is 16.4. The van der Waals surface area contributed by atoms with Gasteiger partial charge in [-0.1, -0.05) is 48.0 Å². The van der Waals surface area contributed by atoms with E-state index in [-0.39, 0.29) is 15.7 Å². The van der Waals surface area contributed by atoms with E-state index in [2.05, 4.69) is 11.7 Å². The molecule has 5 nitrogen and oxygen atoms in total. The van der Waals surface area contributed by atoms with Crippen LogP contribution in [0.2, 0.25) is 10.0 Å². The Morgan fingerprint density at radius 1 is 1.14 bits per heavy atom. The highest BCUT2D eigenvalue weighted by molar-refractivity contribution is 7.90. The number of aromatic nitrogens is 2. The van der Waals surface area contributed by atoms with Crippen molar-refractivity contribution in [3.63, 3.8) is 0 Å². The molecule has 0 atom stereocenters. The molecule has 0 N–H and O–H groups in total. The van der Waals surface area contributed by atoms with Crippen LogP contribution in [0, 0.1) is 6.92 Å². The van der Waals surface area contributed by atoms with Gasteiger partial charge in [-0.25, -0.2) is 13.1 Å². The summed E-state index contributed by atoms with van der Waals surface area (Å²) in [5.74, 6) is -0.310. The van der Waals surface area contributed by atoms with E-state index in [9.17, 15) is 8.42 Å². The smallest absolute Gasteiger partial charge is 0.185 e. The molecule has 0 aliphatic carbocycles. The molecule has 152 valence electrons. The van der Waals surface area contributed by atoms with Crippen LogP contribution in [-0.4, -0.2) is 37.2 Å². The second kappa shape index (κ2) is 8.22. The monoisotopic (exact) mass is 449 g/mol. The summed E-state index contributed by atoms with van der Waals surface area (Å²) in [6.45, 7) is 5.86. The number of hydrogen-bond acceptors (Lipinski definition) is 4. The van der Waals surface area contributed by atoms with E-state index in [4.69, 9.17) is 23.2 Å². The van der Waals surface area contributed by atoms with E-state index in [1.165, 1.54) is 12.1 Å². The summed E-state index contributed by atoms with van der Waals surface area (Å²) in [6, 6.07) is 12.4. The summed E-state index contributed by atoms with van der Waals surface area (Å²) in [5, 5.41) is 6.34. The van der Waals surface area contributed by atoms with Crippen LogP contribution in [0.5, 0.6) is 0 Å². The van der Waals surface area contributed by atoms with Gasteiger partial charge in [0.1, 0.15) is 0 Å². The van der Waals surface area contributed by atoms with Crippen molar-refractivity contribution in [2.45, 2.75) is 17.6 Å². The molecule has 0 amide bonds. The highest BCUT2D eigenvalue weighted by Crippen LogP contribution is 2.29. The number of para-hydroxylation sites is 1. The summed E-state index contributed by atoms with van der Waals surface area (Å²) in [5.41, 5.74) is 1.84. The van der Waals surface area contributed by atoms with Gasteiger partial charge in [0.15, 0.2) is 9.84 Å². The van der Waals surface area contributed by atoms with E-state index in [1.54, 1.807) is 11.6 Å². The van der Waals surface area contributed by atoms with Crippen LogP contribution in [0.25, 0.3) is 18.5 Å². The van der Waals surface area contributed by atoms with Gasteiger partial charge in [-0.05, 0) is 36.8 Å². The van der Waals surface area contributed by atoms with Crippen molar-refractivity contribution < 1.29 is 8.42 Å². The lowest BCUT2D eigenvalue weighted by atomic mass is 10.2. The Bertz CT molecular complexity index is 1270. The molecule has 0 saturated heterocycles. The number of hydrogen-bond donors (Lipinski definition) is 0. The Hall–Kier alpha value is -2.28. The fourth-order valence-electron chi connectivity index (χ4n) is 2.94. The van der Waals surface area contributed by atoms with Gasteiger partial charge < -0.3 is 4.90 Å². The average Bonchev–Trinajstić information content (AvgIpc) is 2.94. The minimum Gasteiger partial charge on any atom is -0.383 e. The summed E-state index contributed by atoms with van der Waals surface area (Å²) < 4.78 is 28.0. The molecular formula is C21H21Cl2N3O2S. The molecule has 1 heterocycles. The third-order valence-electron chi connectivity index (χ3n) is 4.36. The van der Waals surface area contributed by atoms with Gasteiger partial charge in [0.05, 0.1) is 32.4 Å². The van der Waals surface area contributed by atoms with Crippen LogP contribution in [0.4, 0.5) is 0 Å². The predicted octanol–water partition coefficient (Wildman–Crippen LogP) is 3.17. The molecule has 3 aromatic rings. The van der Waals surface area contributed by atoms with E-state index >= 15 is 0 Å². The van der Waals surface area contributed by atoms with Crippen LogP contribution < -0.4 is 10.6 Å². The van der Waals surface area contributed by atoms with Crippen LogP contribution in [0.3, 0.4) is 0 Å². The molecule has 3 rings (SSSR count). The van der Waals surface area contributed by atoms with Crippen molar-refractivity contribution in [2.75, 3.05) is 14.1 Å². The first-order valence-corrected chi connectivity index (χ1v) is 11.2. The fraction of sp³-hybridized carbons (Fsp3) is 0.190. The second-order valence-electron chi connectivity index (χ2n) is 6.94. The molecule has 0 aliphatic heterocycles. The zero-order valence-corrected chi connectivity index (χ0v) is 18.7. The molecular weight excluding hydrogens is 429 g/mol. The molecule has 0 bridgehead atoms. The van der Waals surface area contributed by atoms with Gasteiger partial charge in [0.2, 0.25) is 0 Å². The highest BCUT2D eigenvalue weighted by atomic mass is 35.5. The van der Waals surface area contributed by atoms with Crippen molar-refractivity contribution in [3.8, 4) is 5.69 Å². The van der Waals surface area contributed by atoms with Crippen molar-refractivity contribution in [3.05, 3.63) is 74.3 Å². The lowest BCUT2D eigenvalue weighted by Crippen LogP contribution is -2.31. The predicted molar refractivity (Wildman–Crippen MR) is 119 cm³/mol. The summed E-state index contributed by atoms with van der Waals surface area (Å²) in [4.78, 5) is 1.87. The second-order valence-corrected chi connectivity index (χ2v) is 9.71. The molecule has 8 heteroatoms. The number of nitrogens with zero attached hydrogens (tertiary/aromatic N) is 3. The summed E-state index contributed by atoms with van der Waals surface area (Å²) >= 11 is 12.2. The molecule has 0 unspecified atom stereocenters. The maximum atomic E-state index is 13.2. The average molecular weight is 450 g/mol. The minimum atomic E-state index is -3.76. The van der Waals surface area contributed by atoms with Crippen LogP contribution in [0.15, 0.2) is 47.4 Å². The van der Waals surface area contributed by atoms with Crippen LogP contribution in [0.1, 0.15) is 11.3 Å². The van der Waals surface area contributed by atoms with Gasteiger partial charge in [-0.3, -0.25) is 0 Å². The molecule has 2 aromatic carbocycles. The number of halogens is 2. The normalized spacial score (nSPS) is 12.4. The van der Waals surface area contributed by atoms with Crippen molar-refractivity contribution >= 4 is 45.8 Å². The highest BCUT2D eigenvalue weighted by Gasteiger charge is 2.23. The summed E-state index contributed by atoms with van der Waals surface area (Å²) in [6.07, 6.45) is 1.81. The van der Waals surface area contributed by atoms with Gasteiger partial charge in [-0.15, -0.1) is 0 Å². The number of sulfone groups is 1. The molecule has 0 radical (unpaired) electrons. The first-order chi connectivity index (χ1) is 13.6. The Morgan fingerprint density at radius 2 is 1.79 bits per heavy atom. The quantitative estimate of drug-likeness (QED) is 0.600. The molecule has 0 aliphatic rings. The third kappa shape index (κ3) is 4.50. The Labute approximate surface area is 180 Å². The maximum absolute atomic E-state index is 13.2. The third-order valence-corrected chi connectivity index (χ3v) is 6.85. The van der Waals surface area contributed by atoms with E-state index < -0.39 is 9.84 Å². The standard InChI is InChI=1S/C21H21Cl2N3O2S/c1-14-10-21(19(23)11-18(14)22)29(27,28)13-20-17(12-25(3)4)15(2)26(24-20)16-8-6-5-7-9-16/h5-12H,2,13H2,1,3-4H3.